The summed E-state index contributed by atoms with van der Waals surface area (Å²) >= 11 is 6.42. The molecule has 0 amide bonds. The van der Waals surface area contributed by atoms with E-state index < -0.39 is 29.9 Å². The van der Waals surface area contributed by atoms with E-state index in [4.69, 9.17) is 48.1 Å². The number of carbonyl (C=O) groups excluding carboxylic acids is 2. The van der Waals surface area contributed by atoms with Gasteiger partial charge in [-0.1, -0.05) is 36.2 Å². The first-order valence-corrected chi connectivity index (χ1v) is 12.7. The Labute approximate surface area is 228 Å². The second-order valence-corrected chi connectivity index (χ2v) is 8.70. The summed E-state index contributed by atoms with van der Waals surface area (Å²) in [5, 5.41) is 11.8. The second-order valence-electron chi connectivity index (χ2n) is 8.29. The number of carboxylic acid groups (broad SMARTS) is 1. The number of methoxy groups -OCH3 is 1. The predicted octanol–water partition coefficient (Wildman–Crippen LogP) is 1.79. The van der Waals surface area contributed by atoms with Crippen LogP contribution in [-0.4, -0.2) is 69.1 Å². The number of carbonyl (C=O) groups is 3. The third-order valence-electron chi connectivity index (χ3n) is 5.56. The molecule has 1 aromatic carbocycles. The average Bonchev–Trinajstić information content (AvgIpc) is 2.89. The summed E-state index contributed by atoms with van der Waals surface area (Å²) in [5.74, 6) is -2.80. The molecular weight excluding hydrogens is 516 g/mol. The van der Waals surface area contributed by atoms with E-state index in [-0.39, 0.29) is 18.8 Å². The normalized spacial score (nSPS) is 15.7. The number of esters is 2. The third-order valence-corrected chi connectivity index (χ3v) is 5.90. The SMILES string of the molecule is CCOC(=O)C1=C(COCCN)NC(C)=C(C(=O)OC)C1c1ccccc1Cl.NCCCCC(N)C(=O)O. The van der Waals surface area contributed by atoms with Gasteiger partial charge in [0.15, 0.2) is 0 Å². The van der Waals surface area contributed by atoms with Crippen LogP contribution in [0.5, 0.6) is 0 Å². The fourth-order valence-corrected chi connectivity index (χ4v) is 4.00. The number of nitrogens with one attached hydrogen (secondary N) is 1. The highest BCUT2D eigenvalue weighted by molar-refractivity contribution is 6.31. The van der Waals surface area contributed by atoms with Crippen LogP contribution >= 0.6 is 11.6 Å². The summed E-state index contributed by atoms with van der Waals surface area (Å²) in [7, 11) is 1.29. The summed E-state index contributed by atoms with van der Waals surface area (Å²) in [6.07, 6.45) is 2.16. The molecule has 0 aromatic heterocycles. The largest absolute Gasteiger partial charge is 0.480 e. The highest BCUT2D eigenvalue weighted by Gasteiger charge is 2.39. The van der Waals surface area contributed by atoms with Crippen LogP contribution < -0.4 is 22.5 Å². The van der Waals surface area contributed by atoms with Crippen molar-refractivity contribution >= 4 is 29.5 Å². The molecule has 2 atom stereocenters. The van der Waals surface area contributed by atoms with Gasteiger partial charge in [0, 0.05) is 17.3 Å². The molecule has 1 aromatic rings. The second kappa shape index (κ2) is 17.5. The molecular formula is C26H39ClN4O7. The Hall–Kier alpha value is -2.96. The highest BCUT2D eigenvalue weighted by atomic mass is 35.5. The number of allylic oxidation sites excluding steroid dienone is 1. The number of unbranched alkanes of at least 4 members (excludes halogenated alkanes) is 1. The van der Waals surface area contributed by atoms with Crippen LogP contribution in [0.2, 0.25) is 5.02 Å². The molecule has 38 heavy (non-hydrogen) atoms. The van der Waals surface area contributed by atoms with Gasteiger partial charge in [-0.3, -0.25) is 4.79 Å². The van der Waals surface area contributed by atoms with Crippen molar-refractivity contribution in [1.29, 1.82) is 0 Å². The van der Waals surface area contributed by atoms with Gasteiger partial charge in [0.25, 0.3) is 0 Å². The van der Waals surface area contributed by atoms with E-state index in [1.54, 1.807) is 38.1 Å². The van der Waals surface area contributed by atoms with Gasteiger partial charge in [-0.2, -0.15) is 0 Å². The number of aliphatic carboxylic acids is 1. The van der Waals surface area contributed by atoms with Crippen LogP contribution in [0.15, 0.2) is 46.8 Å². The molecule has 0 aliphatic carbocycles. The number of benzene rings is 1. The smallest absolute Gasteiger partial charge is 0.336 e. The fourth-order valence-electron chi connectivity index (χ4n) is 3.75. The van der Waals surface area contributed by atoms with Crippen molar-refractivity contribution in [1.82, 2.24) is 5.32 Å². The van der Waals surface area contributed by atoms with Gasteiger partial charge in [0.1, 0.15) is 6.04 Å². The number of halogens is 1. The van der Waals surface area contributed by atoms with Crippen molar-refractivity contribution in [2.24, 2.45) is 17.2 Å². The van der Waals surface area contributed by atoms with Gasteiger partial charge in [-0.05, 0) is 44.9 Å². The van der Waals surface area contributed by atoms with E-state index in [9.17, 15) is 14.4 Å². The van der Waals surface area contributed by atoms with E-state index in [1.165, 1.54) is 7.11 Å². The minimum absolute atomic E-state index is 0.109. The molecule has 2 rings (SSSR count). The van der Waals surface area contributed by atoms with E-state index in [2.05, 4.69) is 5.32 Å². The lowest BCUT2D eigenvalue weighted by atomic mass is 9.80. The predicted molar refractivity (Wildman–Crippen MR) is 144 cm³/mol. The van der Waals surface area contributed by atoms with Crippen LogP contribution in [0.25, 0.3) is 0 Å². The number of ether oxygens (including phenoxy) is 3. The fraction of sp³-hybridized carbons (Fsp3) is 0.500. The van der Waals surface area contributed by atoms with Gasteiger partial charge in [-0.25, -0.2) is 9.59 Å². The van der Waals surface area contributed by atoms with Crippen molar-refractivity contribution in [3.63, 3.8) is 0 Å². The Balaban J connectivity index is 0.000000612. The zero-order valence-corrected chi connectivity index (χ0v) is 22.9. The number of hydrogen-bond donors (Lipinski definition) is 5. The first kappa shape index (κ1) is 33.1. The minimum Gasteiger partial charge on any atom is -0.480 e. The molecule has 0 fully saturated rings. The Morgan fingerprint density at radius 2 is 1.79 bits per heavy atom. The van der Waals surface area contributed by atoms with Crippen LogP contribution in [0.3, 0.4) is 0 Å². The Morgan fingerprint density at radius 1 is 1.11 bits per heavy atom. The Kier molecular flexibility index (Phi) is 15.3. The summed E-state index contributed by atoms with van der Waals surface area (Å²) in [5.41, 5.74) is 18.1. The van der Waals surface area contributed by atoms with Gasteiger partial charge in [0.05, 0.1) is 49.7 Å². The molecule has 212 valence electrons. The monoisotopic (exact) mass is 554 g/mol. The zero-order valence-electron chi connectivity index (χ0n) is 22.1. The lowest BCUT2D eigenvalue weighted by Crippen LogP contribution is -2.35. The maximum atomic E-state index is 12.9. The van der Waals surface area contributed by atoms with Gasteiger partial charge < -0.3 is 41.8 Å². The van der Waals surface area contributed by atoms with E-state index in [1.807, 2.05) is 0 Å². The summed E-state index contributed by atoms with van der Waals surface area (Å²) in [4.78, 5) is 35.6. The molecule has 1 aliphatic heterocycles. The van der Waals surface area contributed by atoms with Crippen LogP contribution in [0.4, 0.5) is 0 Å². The maximum absolute atomic E-state index is 12.9. The van der Waals surface area contributed by atoms with Crippen molar-refractivity contribution in [3.8, 4) is 0 Å². The molecule has 8 N–H and O–H groups in total. The summed E-state index contributed by atoms with van der Waals surface area (Å²) in [6.45, 7) is 5.02. The molecule has 0 saturated carbocycles. The zero-order chi connectivity index (χ0) is 28.7. The first-order chi connectivity index (χ1) is 18.1. The van der Waals surface area contributed by atoms with Crippen molar-refractivity contribution < 1.29 is 33.7 Å². The number of dihydropyridines is 1. The lowest BCUT2D eigenvalue weighted by Gasteiger charge is -2.31. The van der Waals surface area contributed by atoms with Crippen LogP contribution in [0, 0.1) is 0 Å². The molecule has 1 heterocycles. The molecule has 0 saturated heterocycles. The molecule has 1 aliphatic rings. The van der Waals surface area contributed by atoms with Gasteiger partial charge in [-0.15, -0.1) is 0 Å². The molecule has 2 unspecified atom stereocenters. The number of rotatable bonds is 13. The highest BCUT2D eigenvalue weighted by Crippen LogP contribution is 2.41. The van der Waals surface area contributed by atoms with Gasteiger partial charge in [0.2, 0.25) is 0 Å². The quantitative estimate of drug-likeness (QED) is 0.176. The molecule has 0 bridgehead atoms. The van der Waals surface area contributed by atoms with Gasteiger partial charge >= 0.3 is 17.9 Å². The first-order valence-electron chi connectivity index (χ1n) is 12.3. The molecule has 11 nitrogen and oxygen atoms in total. The summed E-state index contributed by atoms with van der Waals surface area (Å²) < 4.78 is 15.8. The van der Waals surface area contributed by atoms with Crippen LogP contribution in [0.1, 0.15) is 44.6 Å². The molecule has 12 heteroatoms. The number of carboxylic acids is 1. The van der Waals surface area contributed by atoms with E-state index >= 15 is 0 Å². The van der Waals surface area contributed by atoms with Crippen molar-refractivity contribution in [2.75, 3.05) is 40.0 Å². The lowest BCUT2D eigenvalue weighted by molar-refractivity contribution is -0.140. The topological polar surface area (TPSA) is 189 Å². The molecule has 0 spiro atoms. The van der Waals surface area contributed by atoms with Crippen molar-refractivity contribution in [3.05, 3.63) is 57.4 Å². The van der Waals surface area contributed by atoms with Crippen LogP contribution in [-0.2, 0) is 28.6 Å². The Morgan fingerprint density at radius 3 is 2.34 bits per heavy atom. The standard InChI is InChI=1S/C20H25ClN2O5.C6H14N2O2/c1-4-28-20(25)18-15(11-27-10-9-22)23-12(2)16(19(24)26-3)17(18)13-7-5-6-8-14(13)21;7-4-2-1-3-5(8)6(9)10/h5-8,17,23H,4,9-11,22H2,1-3H3;5H,1-4,7-8H2,(H,9,10). The molecule has 0 radical (unpaired) electrons. The number of hydrogen-bond acceptors (Lipinski definition) is 10. The van der Waals surface area contributed by atoms with Crippen molar-refractivity contribution in [2.45, 2.75) is 45.1 Å². The third kappa shape index (κ3) is 9.73. The van der Waals surface area contributed by atoms with E-state index in [0.29, 0.717) is 53.7 Å². The summed E-state index contributed by atoms with van der Waals surface area (Å²) in [6, 6.07) is 6.33. The maximum Gasteiger partial charge on any atom is 0.336 e. The number of nitrogens with two attached hydrogens (primary N) is 3. The Bertz CT molecular complexity index is 1010. The average molecular weight is 555 g/mol. The minimum atomic E-state index is -0.933. The van der Waals surface area contributed by atoms with E-state index in [0.717, 1.165) is 12.8 Å².